The first-order valence-corrected chi connectivity index (χ1v) is 15.7. The summed E-state index contributed by atoms with van der Waals surface area (Å²) in [6.45, 7) is 0. The monoisotopic (exact) mass is 576 g/mol. The fourth-order valence-corrected chi connectivity index (χ4v) is 7.57. The highest BCUT2D eigenvalue weighted by molar-refractivity contribution is 6.11. The van der Waals surface area contributed by atoms with Crippen LogP contribution < -0.4 is 0 Å². The Kier molecular flexibility index (Phi) is 5.11. The topological polar surface area (TPSA) is 23.0 Å². The maximum atomic E-state index is 6.36. The third-order valence-electron chi connectivity index (χ3n) is 9.59. The molecule has 0 saturated heterocycles. The van der Waals surface area contributed by atoms with Crippen LogP contribution in [0.1, 0.15) is 17.7 Å². The van der Waals surface area contributed by atoms with E-state index in [0.29, 0.717) is 0 Å². The van der Waals surface area contributed by atoms with Gasteiger partial charge in [0.1, 0.15) is 11.2 Å². The first-order chi connectivity index (χ1) is 22.3. The number of furan rings is 1. The van der Waals surface area contributed by atoms with E-state index in [4.69, 9.17) is 4.42 Å². The van der Waals surface area contributed by atoms with Gasteiger partial charge in [-0.2, -0.15) is 0 Å². The third-order valence-corrected chi connectivity index (χ3v) is 9.59. The van der Waals surface area contributed by atoms with Crippen molar-refractivity contribution in [2.24, 2.45) is 0 Å². The molecule has 0 amide bonds. The highest BCUT2D eigenvalue weighted by atomic mass is 16.3. The minimum Gasteiger partial charge on any atom is -0.456 e. The van der Waals surface area contributed by atoms with E-state index in [1.165, 1.54) is 60.8 Å². The number of hydrogen-bond donors (Lipinski definition) is 0. The smallest absolute Gasteiger partial charge is 0.135 e. The number of allylic oxidation sites excluding steroid dienone is 1. The van der Waals surface area contributed by atoms with Crippen LogP contribution in [-0.4, -0.2) is 9.13 Å². The number of hydrogen-bond acceptors (Lipinski definition) is 1. The summed E-state index contributed by atoms with van der Waals surface area (Å²) in [4.78, 5) is 0. The van der Waals surface area contributed by atoms with E-state index >= 15 is 0 Å². The Balaban J connectivity index is 1.14. The Morgan fingerprint density at radius 3 is 1.87 bits per heavy atom. The van der Waals surface area contributed by atoms with Crippen LogP contribution in [0.5, 0.6) is 0 Å². The molecular formula is C42H28N2O. The van der Waals surface area contributed by atoms with Gasteiger partial charge in [-0.1, -0.05) is 78.9 Å². The number of aryl methyl sites for hydroxylation is 1. The highest BCUT2D eigenvalue weighted by Crippen LogP contribution is 2.38. The SMILES string of the molecule is C1=Cc2c(c3ccccc3n2-c2cccc(-c3ccc4oc5ccc(-n6c7ccccc7c7ccccc76)cc5c4c3)c2)CC1. The predicted octanol–water partition coefficient (Wildman–Crippen LogP) is 11.3. The lowest BCUT2D eigenvalue weighted by Gasteiger charge is -2.13. The van der Waals surface area contributed by atoms with Gasteiger partial charge in [0.25, 0.3) is 0 Å². The van der Waals surface area contributed by atoms with E-state index < -0.39 is 0 Å². The molecule has 3 heterocycles. The first kappa shape index (κ1) is 24.6. The van der Waals surface area contributed by atoms with E-state index in [2.05, 4.69) is 155 Å². The average Bonchev–Trinajstić information content (AvgIpc) is 3.75. The molecule has 3 aromatic heterocycles. The Morgan fingerprint density at radius 2 is 1.09 bits per heavy atom. The lowest BCUT2D eigenvalue weighted by molar-refractivity contribution is 0.669. The summed E-state index contributed by atoms with van der Waals surface area (Å²) in [5, 5.41) is 6.13. The molecule has 0 spiro atoms. The van der Waals surface area contributed by atoms with Crippen LogP contribution in [0.2, 0.25) is 0 Å². The van der Waals surface area contributed by atoms with E-state index in [1.54, 1.807) is 0 Å². The Hall–Kier alpha value is -5.80. The molecule has 45 heavy (non-hydrogen) atoms. The fraction of sp³-hybridized carbons (Fsp3) is 0.0476. The molecule has 10 rings (SSSR count). The van der Waals surface area contributed by atoms with Gasteiger partial charge in [0.15, 0.2) is 0 Å². The second-order valence-corrected chi connectivity index (χ2v) is 12.1. The lowest BCUT2D eigenvalue weighted by atomic mass is 10.0. The van der Waals surface area contributed by atoms with Crippen LogP contribution in [0, 0.1) is 0 Å². The van der Waals surface area contributed by atoms with Gasteiger partial charge >= 0.3 is 0 Å². The molecule has 0 aliphatic heterocycles. The zero-order valence-electron chi connectivity index (χ0n) is 24.6. The highest BCUT2D eigenvalue weighted by Gasteiger charge is 2.19. The number of aromatic nitrogens is 2. The molecule has 0 fully saturated rings. The fourth-order valence-electron chi connectivity index (χ4n) is 7.57. The summed E-state index contributed by atoms with van der Waals surface area (Å²) < 4.78 is 11.2. The third kappa shape index (κ3) is 3.58. The second kappa shape index (κ2) is 9.35. The molecule has 6 aromatic carbocycles. The summed E-state index contributed by atoms with van der Waals surface area (Å²) in [7, 11) is 0. The van der Waals surface area contributed by atoms with Crippen molar-refractivity contribution in [3.05, 3.63) is 151 Å². The Labute approximate surface area is 259 Å². The largest absolute Gasteiger partial charge is 0.456 e. The van der Waals surface area contributed by atoms with Crippen LogP contribution in [-0.2, 0) is 6.42 Å². The predicted molar refractivity (Wildman–Crippen MR) is 188 cm³/mol. The van der Waals surface area contributed by atoms with Crippen molar-refractivity contribution in [2.75, 3.05) is 0 Å². The van der Waals surface area contributed by atoms with Gasteiger partial charge in [-0.3, -0.25) is 0 Å². The van der Waals surface area contributed by atoms with E-state index in [1.807, 2.05) is 0 Å². The van der Waals surface area contributed by atoms with Crippen molar-refractivity contribution in [3.63, 3.8) is 0 Å². The quantitative estimate of drug-likeness (QED) is 0.205. The summed E-state index contributed by atoms with van der Waals surface area (Å²) >= 11 is 0. The number of rotatable bonds is 3. The summed E-state index contributed by atoms with van der Waals surface area (Å²) in [6, 6.07) is 48.2. The molecule has 1 aliphatic carbocycles. The normalized spacial score (nSPS) is 13.1. The molecule has 0 saturated carbocycles. The number of nitrogens with zero attached hydrogens (tertiary/aromatic N) is 2. The van der Waals surface area contributed by atoms with E-state index in [-0.39, 0.29) is 0 Å². The molecule has 1 aliphatic rings. The first-order valence-electron chi connectivity index (χ1n) is 15.7. The van der Waals surface area contributed by atoms with Gasteiger partial charge in [0.2, 0.25) is 0 Å². The standard InChI is InChI=1S/C42H28N2O/c1-5-16-37-31(12-1)32-13-2-6-17-38(32)43(37)29-11-9-10-27(24-29)28-20-22-41-35(25-28)36-26-30(21-23-42(36)45-41)44-39-18-7-3-14-33(39)34-15-4-8-19-40(34)44/h1,3-12,14-26H,2,13H2. The minimum atomic E-state index is 0.901. The zero-order chi connectivity index (χ0) is 29.5. The van der Waals surface area contributed by atoms with Gasteiger partial charge < -0.3 is 13.6 Å². The van der Waals surface area contributed by atoms with Crippen molar-refractivity contribution in [1.82, 2.24) is 9.13 Å². The molecule has 0 atom stereocenters. The molecule has 3 heteroatoms. The number of para-hydroxylation sites is 3. The zero-order valence-corrected chi connectivity index (χ0v) is 24.6. The van der Waals surface area contributed by atoms with Crippen molar-refractivity contribution in [1.29, 1.82) is 0 Å². The van der Waals surface area contributed by atoms with Crippen molar-refractivity contribution in [2.45, 2.75) is 12.8 Å². The van der Waals surface area contributed by atoms with Gasteiger partial charge in [-0.05, 0) is 96.3 Å². The minimum absolute atomic E-state index is 0.901. The van der Waals surface area contributed by atoms with Gasteiger partial charge in [0.05, 0.1) is 16.6 Å². The van der Waals surface area contributed by atoms with Crippen molar-refractivity contribution >= 4 is 60.7 Å². The summed E-state index contributed by atoms with van der Waals surface area (Å²) in [6.07, 6.45) is 6.77. The maximum absolute atomic E-state index is 6.36. The number of fused-ring (bicyclic) bond motifs is 9. The molecule has 0 N–H and O–H groups in total. The van der Waals surface area contributed by atoms with Crippen LogP contribution in [0.15, 0.2) is 144 Å². The molecule has 0 bridgehead atoms. The molecule has 0 unspecified atom stereocenters. The Bertz CT molecular complexity index is 2610. The summed E-state index contributed by atoms with van der Waals surface area (Å²) in [5.41, 5.74) is 12.9. The van der Waals surface area contributed by atoms with E-state index in [9.17, 15) is 0 Å². The molecule has 0 radical (unpaired) electrons. The lowest BCUT2D eigenvalue weighted by Crippen LogP contribution is -2.00. The van der Waals surface area contributed by atoms with Gasteiger partial charge in [-0.25, -0.2) is 0 Å². The van der Waals surface area contributed by atoms with Crippen LogP contribution in [0.25, 0.3) is 83.2 Å². The van der Waals surface area contributed by atoms with E-state index in [0.717, 1.165) is 40.5 Å². The molecule has 9 aromatic rings. The maximum Gasteiger partial charge on any atom is 0.135 e. The van der Waals surface area contributed by atoms with Gasteiger partial charge in [-0.15, -0.1) is 0 Å². The van der Waals surface area contributed by atoms with Crippen LogP contribution >= 0.6 is 0 Å². The summed E-state index contributed by atoms with van der Waals surface area (Å²) in [5.74, 6) is 0. The van der Waals surface area contributed by atoms with Gasteiger partial charge in [0, 0.05) is 44.0 Å². The van der Waals surface area contributed by atoms with Crippen molar-refractivity contribution in [3.8, 4) is 22.5 Å². The molecule has 212 valence electrons. The average molecular weight is 577 g/mol. The van der Waals surface area contributed by atoms with Crippen LogP contribution in [0.3, 0.4) is 0 Å². The number of benzene rings is 6. The second-order valence-electron chi connectivity index (χ2n) is 12.1. The molecule has 3 nitrogen and oxygen atoms in total. The molecular weight excluding hydrogens is 548 g/mol. The van der Waals surface area contributed by atoms with Crippen LogP contribution in [0.4, 0.5) is 0 Å². The van der Waals surface area contributed by atoms with Crippen molar-refractivity contribution < 1.29 is 4.42 Å². The Morgan fingerprint density at radius 1 is 0.467 bits per heavy atom.